The summed E-state index contributed by atoms with van der Waals surface area (Å²) in [6.45, 7) is 8.98. The molecule has 1 saturated heterocycles. The highest BCUT2D eigenvalue weighted by molar-refractivity contribution is 5.69. The van der Waals surface area contributed by atoms with Gasteiger partial charge in [0.25, 0.3) is 0 Å². The van der Waals surface area contributed by atoms with Gasteiger partial charge in [-0.3, -0.25) is 0 Å². The molecule has 0 aliphatic carbocycles. The molecule has 0 radical (unpaired) electrons. The van der Waals surface area contributed by atoms with Gasteiger partial charge in [0.05, 0.1) is 6.07 Å². The van der Waals surface area contributed by atoms with Gasteiger partial charge in [-0.2, -0.15) is 5.26 Å². The van der Waals surface area contributed by atoms with Gasteiger partial charge in [-0.1, -0.05) is 37.3 Å². The molecule has 1 aromatic rings. The zero-order valence-electron chi connectivity index (χ0n) is 14.5. The quantitative estimate of drug-likeness (QED) is 0.843. The minimum absolute atomic E-state index is 0.124. The first-order chi connectivity index (χ1) is 10.8. The lowest BCUT2D eigenvalue weighted by Crippen LogP contribution is -2.62. The first-order valence-corrected chi connectivity index (χ1v) is 8.14. The van der Waals surface area contributed by atoms with E-state index < -0.39 is 5.60 Å². The van der Waals surface area contributed by atoms with Crippen LogP contribution in [0.25, 0.3) is 0 Å². The Balaban J connectivity index is 2.00. The van der Waals surface area contributed by atoms with E-state index >= 15 is 0 Å². The van der Waals surface area contributed by atoms with Crippen molar-refractivity contribution < 1.29 is 9.53 Å². The van der Waals surface area contributed by atoms with Crippen molar-refractivity contribution in [2.24, 2.45) is 11.3 Å². The Kier molecular flexibility index (Phi) is 4.99. The first kappa shape index (κ1) is 17.3. The third-order valence-corrected chi connectivity index (χ3v) is 4.52. The Hall–Kier alpha value is -2.02. The highest BCUT2D eigenvalue weighted by atomic mass is 16.6. The van der Waals surface area contributed by atoms with E-state index in [1.54, 1.807) is 4.90 Å². The summed E-state index contributed by atoms with van der Waals surface area (Å²) in [6, 6.07) is 12.6. The van der Waals surface area contributed by atoms with E-state index in [-0.39, 0.29) is 11.5 Å². The molecule has 0 saturated carbocycles. The number of nitrogens with zero attached hydrogens (tertiary/aromatic N) is 2. The molecule has 0 bridgehead atoms. The zero-order chi connectivity index (χ0) is 17.1. The number of hydrogen-bond donors (Lipinski definition) is 0. The topological polar surface area (TPSA) is 53.3 Å². The number of nitriles is 1. The third kappa shape index (κ3) is 4.25. The molecule has 1 aromatic carbocycles. The van der Waals surface area contributed by atoms with Crippen molar-refractivity contribution in [2.75, 3.05) is 13.1 Å². The summed E-state index contributed by atoms with van der Waals surface area (Å²) < 4.78 is 5.42. The fourth-order valence-corrected chi connectivity index (χ4v) is 3.11. The highest BCUT2D eigenvalue weighted by Crippen LogP contribution is 2.43. The summed E-state index contributed by atoms with van der Waals surface area (Å²) in [5.41, 5.74) is 0.662. The Bertz CT molecular complexity index is 578. The van der Waals surface area contributed by atoms with Crippen LogP contribution < -0.4 is 0 Å². The lowest BCUT2D eigenvalue weighted by Gasteiger charge is -2.52. The maximum Gasteiger partial charge on any atom is 0.410 e. The summed E-state index contributed by atoms with van der Waals surface area (Å²) in [5.74, 6) is 0.336. The number of likely N-dealkylation sites (tertiary alicyclic amines) is 1. The molecule has 1 unspecified atom stereocenters. The van der Waals surface area contributed by atoms with Gasteiger partial charge in [-0.05, 0) is 38.7 Å². The first-order valence-electron chi connectivity index (χ1n) is 8.14. The highest BCUT2D eigenvalue weighted by Gasteiger charge is 2.49. The van der Waals surface area contributed by atoms with Crippen molar-refractivity contribution in [3.8, 4) is 6.07 Å². The Morgan fingerprint density at radius 3 is 2.48 bits per heavy atom. The number of benzene rings is 1. The minimum Gasteiger partial charge on any atom is -0.444 e. The summed E-state index contributed by atoms with van der Waals surface area (Å²) in [6.07, 6.45) is 1.11. The summed E-state index contributed by atoms with van der Waals surface area (Å²) in [5, 5.41) is 9.21. The molecule has 23 heavy (non-hydrogen) atoms. The van der Waals surface area contributed by atoms with Crippen LogP contribution in [0.1, 0.15) is 39.7 Å². The van der Waals surface area contributed by atoms with Crippen molar-refractivity contribution >= 4 is 6.09 Å². The van der Waals surface area contributed by atoms with Crippen LogP contribution in [0.3, 0.4) is 0 Å². The lowest BCUT2D eigenvalue weighted by atomic mass is 9.66. The molecule has 1 amide bonds. The van der Waals surface area contributed by atoms with E-state index in [0.29, 0.717) is 25.4 Å². The number of carbonyl (C=O) groups is 1. The largest absolute Gasteiger partial charge is 0.444 e. The molecular weight excluding hydrogens is 288 g/mol. The van der Waals surface area contributed by atoms with Crippen LogP contribution >= 0.6 is 0 Å². The molecule has 0 spiro atoms. The van der Waals surface area contributed by atoms with Crippen molar-refractivity contribution in [1.29, 1.82) is 5.26 Å². The van der Waals surface area contributed by atoms with Crippen molar-refractivity contribution in [1.82, 2.24) is 4.90 Å². The summed E-state index contributed by atoms with van der Waals surface area (Å²) in [4.78, 5) is 13.8. The van der Waals surface area contributed by atoms with Gasteiger partial charge in [-0.25, -0.2) is 4.79 Å². The molecule has 0 N–H and O–H groups in total. The zero-order valence-corrected chi connectivity index (χ0v) is 14.5. The van der Waals surface area contributed by atoms with Crippen LogP contribution in [-0.2, 0) is 11.2 Å². The van der Waals surface area contributed by atoms with Gasteiger partial charge < -0.3 is 9.64 Å². The second-order valence-corrected chi connectivity index (χ2v) is 7.62. The van der Waals surface area contributed by atoms with Crippen molar-refractivity contribution in [3.05, 3.63) is 35.9 Å². The summed E-state index contributed by atoms with van der Waals surface area (Å²) in [7, 11) is 0. The number of hydrogen-bond acceptors (Lipinski definition) is 3. The summed E-state index contributed by atoms with van der Waals surface area (Å²) >= 11 is 0. The lowest BCUT2D eigenvalue weighted by molar-refractivity contribution is -0.0548. The number of carbonyl (C=O) groups excluding carboxylic acids is 1. The Morgan fingerprint density at radius 1 is 1.35 bits per heavy atom. The normalized spacial score (nSPS) is 17.8. The Morgan fingerprint density at radius 2 is 1.96 bits per heavy atom. The molecule has 0 aromatic heterocycles. The monoisotopic (exact) mass is 314 g/mol. The number of rotatable bonds is 4. The molecule has 1 atom stereocenters. The maximum atomic E-state index is 12.1. The van der Waals surface area contributed by atoms with E-state index in [1.165, 1.54) is 5.56 Å². The second-order valence-electron chi connectivity index (χ2n) is 7.62. The van der Waals surface area contributed by atoms with E-state index in [0.717, 1.165) is 6.42 Å². The van der Waals surface area contributed by atoms with Gasteiger partial charge in [0.15, 0.2) is 0 Å². The van der Waals surface area contributed by atoms with E-state index in [2.05, 4.69) is 25.1 Å². The molecule has 1 fully saturated rings. The predicted octanol–water partition coefficient (Wildman–Crippen LogP) is 4.02. The molecule has 1 aliphatic heterocycles. The fourth-order valence-electron chi connectivity index (χ4n) is 3.11. The molecule has 4 nitrogen and oxygen atoms in total. The van der Waals surface area contributed by atoms with Crippen LogP contribution in [-0.4, -0.2) is 29.7 Å². The van der Waals surface area contributed by atoms with Crippen molar-refractivity contribution in [2.45, 2.75) is 46.1 Å². The number of amides is 1. The predicted molar refractivity (Wildman–Crippen MR) is 89.8 cm³/mol. The van der Waals surface area contributed by atoms with Gasteiger partial charge in [0, 0.05) is 24.9 Å². The molecule has 4 heteroatoms. The molecular formula is C19H26N2O2. The van der Waals surface area contributed by atoms with E-state index in [4.69, 9.17) is 4.74 Å². The van der Waals surface area contributed by atoms with Crippen LogP contribution in [0.5, 0.6) is 0 Å². The van der Waals surface area contributed by atoms with Crippen molar-refractivity contribution in [3.63, 3.8) is 0 Å². The molecule has 2 rings (SSSR count). The minimum atomic E-state index is -0.486. The van der Waals surface area contributed by atoms with Crippen LogP contribution in [0, 0.1) is 22.7 Å². The van der Waals surface area contributed by atoms with E-state index in [9.17, 15) is 10.1 Å². The SMILES string of the molecule is CC(Cc1ccccc1)C1(CC#N)CN(C(=O)OC(C)(C)C)C1. The van der Waals surface area contributed by atoms with Gasteiger partial charge >= 0.3 is 6.09 Å². The standard InChI is InChI=1S/C19H26N2O2/c1-15(12-16-8-6-5-7-9-16)19(10-11-20)13-21(14-19)17(22)23-18(2,3)4/h5-9,15H,10,12-14H2,1-4H3. The van der Waals surface area contributed by atoms with Gasteiger partial charge in [-0.15, -0.1) is 0 Å². The number of ether oxygens (including phenoxy) is 1. The fraction of sp³-hybridized carbons (Fsp3) is 0.579. The van der Waals surface area contributed by atoms with Crippen LogP contribution in [0.2, 0.25) is 0 Å². The molecule has 1 heterocycles. The molecule has 124 valence electrons. The second kappa shape index (κ2) is 6.62. The smallest absolute Gasteiger partial charge is 0.410 e. The third-order valence-electron chi connectivity index (χ3n) is 4.52. The maximum absolute atomic E-state index is 12.1. The Labute approximate surface area is 139 Å². The van der Waals surface area contributed by atoms with Crippen LogP contribution in [0.15, 0.2) is 30.3 Å². The average molecular weight is 314 g/mol. The van der Waals surface area contributed by atoms with Crippen LogP contribution in [0.4, 0.5) is 4.79 Å². The molecule has 1 aliphatic rings. The van der Waals surface area contributed by atoms with E-state index in [1.807, 2.05) is 39.0 Å². The van der Waals surface area contributed by atoms with Gasteiger partial charge in [0.1, 0.15) is 5.60 Å². The van der Waals surface area contributed by atoms with Gasteiger partial charge in [0.2, 0.25) is 0 Å². The average Bonchev–Trinajstić information content (AvgIpc) is 2.41.